The molecule has 3 rings (SSSR count). The van der Waals surface area contributed by atoms with Crippen molar-refractivity contribution in [2.75, 3.05) is 6.61 Å². The number of carbonyl (C=O) groups is 1. The lowest BCUT2D eigenvalue weighted by atomic mass is 9.82. The van der Waals surface area contributed by atoms with Gasteiger partial charge in [-0.25, -0.2) is 4.79 Å². The minimum absolute atomic E-state index is 0.0861. The number of amides is 2. The number of rotatable bonds is 5. The zero-order chi connectivity index (χ0) is 16.9. The Kier molecular flexibility index (Phi) is 5.50. The molecular weight excluding hydrogens is 318 g/mol. The molecule has 2 aliphatic rings. The predicted molar refractivity (Wildman–Crippen MR) is 83.9 cm³/mol. The van der Waals surface area contributed by atoms with Crippen molar-refractivity contribution in [3.63, 3.8) is 0 Å². The van der Waals surface area contributed by atoms with Gasteiger partial charge >= 0.3 is 12.6 Å². The highest BCUT2D eigenvalue weighted by Gasteiger charge is 2.38. The highest BCUT2D eigenvalue weighted by molar-refractivity contribution is 5.74. The van der Waals surface area contributed by atoms with E-state index in [9.17, 15) is 13.6 Å². The summed E-state index contributed by atoms with van der Waals surface area (Å²) in [4.78, 5) is 12.1. The maximum absolute atomic E-state index is 12.2. The number of hydrogen-bond acceptors (Lipinski definition) is 3. The molecule has 0 radical (unpaired) electrons. The van der Waals surface area contributed by atoms with Crippen LogP contribution in [-0.4, -0.2) is 31.4 Å². The van der Waals surface area contributed by atoms with E-state index in [0.29, 0.717) is 11.5 Å². The summed E-state index contributed by atoms with van der Waals surface area (Å²) in [6, 6.07) is 6.22. The Labute approximate surface area is 139 Å². The first kappa shape index (κ1) is 17.0. The van der Waals surface area contributed by atoms with Gasteiger partial charge < -0.3 is 20.1 Å². The van der Waals surface area contributed by atoms with Crippen molar-refractivity contribution in [1.82, 2.24) is 10.6 Å². The predicted octanol–water partition coefficient (Wildman–Crippen LogP) is 3.04. The van der Waals surface area contributed by atoms with Crippen LogP contribution in [0.5, 0.6) is 5.75 Å². The summed E-state index contributed by atoms with van der Waals surface area (Å²) >= 11 is 0. The summed E-state index contributed by atoms with van der Waals surface area (Å²) in [5, 5.41) is 5.80. The van der Waals surface area contributed by atoms with Gasteiger partial charge in [0.15, 0.2) is 0 Å². The molecule has 0 unspecified atom stereocenters. The third-order valence-corrected chi connectivity index (χ3v) is 4.67. The smallest absolute Gasteiger partial charge is 0.387 e. The van der Waals surface area contributed by atoms with Gasteiger partial charge in [0, 0.05) is 25.1 Å². The Morgan fingerprint density at radius 1 is 1.33 bits per heavy atom. The molecule has 132 valence electrons. The minimum atomic E-state index is -2.86. The zero-order valence-electron chi connectivity index (χ0n) is 13.3. The number of benzene rings is 1. The van der Waals surface area contributed by atoms with Crippen molar-refractivity contribution in [1.29, 1.82) is 0 Å². The molecule has 1 aliphatic heterocycles. The number of fused-ring (bicyclic) bond motifs is 1. The third kappa shape index (κ3) is 4.35. The van der Waals surface area contributed by atoms with Crippen LogP contribution in [0, 0.1) is 5.92 Å². The number of nitrogens with one attached hydrogen (secondary N) is 2. The molecule has 1 aromatic rings. The molecule has 24 heavy (non-hydrogen) atoms. The lowest BCUT2D eigenvalue weighted by Crippen LogP contribution is -2.49. The molecule has 7 heteroatoms. The summed E-state index contributed by atoms with van der Waals surface area (Å²) < 4.78 is 34.5. The maximum Gasteiger partial charge on any atom is 0.387 e. The number of halogens is 2. The quantitative estimate of drug-likeness (QED) is 0.866. The van der Waals surface area contributed by atoms with E-state index in [1.54, 1.807) is 12.1 Å². The number of alkyl halides is 2. The highest BCUT2D eigenvalue weighted by atomic mass is 19.3. The standard InChI is InChI=1S/C17H22F2N2O3/c18-16(19)24-12-4-1-3-11(9-12)10-20-17(22)21-14-5-2-6-15-13(14)7-8-23-15/h1,3-4,9,13-16H,2,5-8,10H2,(H2,20,21,22)/t13-,14-,15+/m1/s1. The van der Waals surface area contributed by atoms with E-state index >= 15 is 0 Å². The summed E-state index contributed by atoms with van der Waals surface area (Å²) in [6.45, 7) is -1.83. The van der Waals surface area contributed by atoms with Crippen LogP contribution in [0.2, 0.25) is 0 Å². The van der Waals surface area contributed by atoms with Crippen molar-refractivity contribution < 1.29 is 23.0 Å². The molecule has 1 heterocycles. The zero-order valence-corrected chi connectivity index (χ0v) is 13.3. The Hall–Kier alpha value is -1.89. The van der Waals surface area contributed by atoms with Crippen LogP contribution in [-0.2, 0) is 11.3 Å². The van der Waals surface area contributed by atoms with Gasteiger partial charge in [0.05, 0.1) is 6.10 Å². The molecule has 1 aliphatic carbocycles. The number of carbonyl (C=O) groups excluding carboxylic acids is 1. The second kappa shape index (κ2) is 7.79. The van der Waals surface area contributed by atoms with Crippen LogP contribution < -0.4 is 15.4 Å². The Morgan fingerprint density at radius 2 is 2.21 bits per heavy atom. The summed E-state index contributed by atoms with van der Waals surface area (Å²) in [6.07, 6.45) is 4.35. The minimum Gasteiger partial charge on any atom is -0.435 e. The van der Waals surface area contributed by atoms with Crippen LogP contribution in [0.25, 0.3) is 0 Å². The molecule has 1 saturated carbocycles. The second-order valence-corrected chi connectivity index (χ2v) is 6.25. The van der Waals surface area contributed by atoms with Gasteiger partial charge in [0.2, 0.25) is 0 Å². The average Bonchev–Trinajstić information content (AvgIpc) is 3.02. The summed E-state index contributed by atoms with van der Waals surface area (Å²) in [5.41, 5.74) is 0.703. The maximum atomic E-state index is 12.2. The van der Waals surface area contributed by atoms with Crippen molar-refractivity contribution >= 4 is 6.03 Å². The van der Waals surface area contributed by atoms with E-state index < -0.39 is 6.61 Å². The van der Waals surface area contributed by atoms with Crippen LogP contribution in [0.1, 0.15) is 31.2 Å². The lowest BCUT2D eigenvalue weighted by molar-refractivity contribution is -0.0498. The fourth-order valence-electron chi connectivity index (χ4n) is 3.59. The van der Waals surface area contributed by atoms with E-state index in [1.165, 1.54) is 12.1 Å². The van der Waals surface area contributed by atoms with Gasteiger partial charge in [0.25, 0.3) is 0 Å². The van der Waals surface area contributed by atoms with Gasteiger partial charge in [-0.1, -0.05) is 12.1 Å². The molecule has 3 atom stereocenters. The first-order chi connectivity index (χ1) is 11.6. The normalized spacial score (nSPS) is 26.0. The summed E-state index contributed by atoms with van der Waals surface area (Å²) in [7, 11) is 0. The highest BCUT2D eigenvalue weighted by Crippen LogP contribution is 2.34. The Morgan fingerprint density at radius 3 is 3.04 bits per heavy atom. The number of ether oxygens (including phenoxy) is 2. The van der Waals surface area contributed by atoms with E-state index in [4.69, 9.17) is 4.74 Å². The molecule has 0 aromatic heterocycles. The van der Waals surface area contributed by atoms with Crippen LogP contribution in [0.4, 0.5) is 13.6 Å². The SMILES string of the molecule is O=C(NCc1cccc(OC(F)F)c1)N[C@@H]1CCC[C@@H]2OCC[C@@H]21. The molecule has 2 fully saturated rings. The van der Waals surface area contributed by atoms with Gasteiger partial charge in [-0.15, -0.1) is 0 Å². The van der Waals surface area contributed by atoms with Gasteiger partial charge in [-0.3, -0.25) is 0 Å². The summed E-state index contributed by atoms with van der Waals surface area (Å²) in [5.74, 6) is 0.482. The third-order valence-electron chi connectivity index (χ3n) is 4.67. The molecule has 2 amide bonds. The molecule has 2 N–H and O–H groups in total. The fourth-order valence-corrected chi connectivity index (χ4v) is 3.59. The lowest BCUT2D eigenvalue weighted by Gasteiger charge is -2.33. The molecular formula is C17H22F2N2O3. The average molecular weight is 340 g/mol. The first-order valence-corrected chi connectivity index (χ1v) is 8.31. The second-order valence-electron chi connectivity index (χ2n) is 6.25. The Balaban J connectivity index is 1.48. The Bertz CT molecular complexity index is 571. The van der Waals surface area contributed by atoms with Gasteiger partial charge in [0.1, 0.15) is 5.75 Å². The van der Waals surface area contributed by atoms with Gasteiger partial charge in [-0.2, -0.15) is 8.78 Å². The molecule has 5 nitrogen and oxygen atoms in total. The molecule has 1 aromatic carbocycles. The molecule has 0 spiro atoms. The monoisotopic (exact) mass is 340 g/mol. The molecule has 1 saturated heterocycles. The van der Waals surface area contributed by atoms with Gasteiger partial charge in [-0.05, 0) is 43.4 Å². The van der Waals surface area contributed by atoms with E-state index in [0.717, 1.165) is 32.3 Å². The van der Waals surface area contributed by atoms with Crippen molar-refractivity contribution in [2.45, 2.75) is 51.0 Å². The van der Waals surface area contributed by atoms with E-state index in [-0.39, 0.29) is 30.5 Å². The number of urea groups is 1. The molecule has 0 bridgehead atoms. The van der Waals surface area contributed by atoms with E-state index in [1.807, 2.05) is 0 Å². The van der Waals surface area contributed by atoms with Crippen LogP contribution in [0.15, 0.2) is 24.3 Å². The van der Waals surface area contributed by atoms with Crippen molar-refractivity contribution in [3.8, 4) is 5.75 Å². The first-order valence-electron chi connectivity index (χ1n) is 8.31. The van der Waals surface area contributed by atoms with Crippen molar-refractivity contribution in [3.05, 3.63) is 29.8 Å². The topological polar surface area (TPSA) is 59.6 Å². The van der Waals surface area contributed by atoms with Crippen LogP contribution >= 0.6 is 0 Å². The fraction of sp³-hybridized carbons (Fsp3) is 0.588. The van der Waals surface area contributed by atoms with E-state index in [2.05, 4.69) is 15.4 Å². The van der Waals surface area contributed by atoms with Crippen LogP contribution in [0.3, 0.4) is 0 Å². The number of hydrogen-bond donors (Lipinski definition) is 2. The van der Waals surface area contributed by atoms with Crippen molar-refractivity contribution in [2.24, 2.45) is 5.92 Å². The largest absolute Gasteiger partial charge is 0.435 e.